The number of ether oxygens (including phenoxy) is 1. The lowest BCUT2D eigenvalue weighted by molar-refractivity contribution is -0.141. The van der Waals surface area contributed by atoms with Crippen LogP contribution in [0.3, 0.4) is 0 Å². The van der Waals surface area contributed by atoms with Crippen LogP contribution in [-0.2, 0) is 16.0 Å². The van der Waals surface area contributed by atoms with Crippen LogP contribution in [-0.4, -0.2) is 29.1 Å². The van der Waals surface area contributed by atoms with E-state index in [1.54, 1.807) is 6.07 Å². The number of hydrogen-bond acceptors (Lipinski definition) is 5. The molecule has 1 aromatic heterocycles. The van der Waals surface area contributed by atoms with E-state index in [-0.39, 0.29) is 5.97 Å². The zero-order chi connectivity index (χ0) is 15.1. The Hall–Kier alpha value is -1.17. The van der Waals surface area contributed by atoms with Gasteiger partial charge < -0.3 is 10.1 Å². The van der Waals surface area contributed by atoms with Crippen LogP contribution in [0.1, 0.15) is 39.4 Å². The number of anilines is 1. The molecule has 1 heterocycles. The summed E-state index contributed by atoms with van der Waals surface area (Å²) in [4.78, 5) is 20.5. The molecule has 20 heavy (non-hydrogen) atoms. The van der Waals surface area contributed by atoms with E-state index in [1.165, 1.54) is 7.11 Å². The molecule has 6 heteroatoms. The average Bonchev–Trinajstić information content (AvgIpc) is 2.36. The maximum Gasteiger partial charge on any atom is 0.328 e. The number of carbonyl (C=O) groups is 1. The molecule has 5 nitrogen and oxygen atoms in total. The fourth-order valence-electron chi connectivity index (χ4n) is 1.88. The molecule has 0 saturated heterocycles. The minimum absolute atomic E-state index is 0.273. The predicted octanol–water partition coefficient (Wildman–Crippen LogP) is 3.19. The first-order valence-corrected chi connectivity index (χ1v) is 7.63. The van der Waals surface area contributed by atoms with E-state index in [0.717, 1.165) is 18.7 Å². The van der Waals surface area contributed by atoms with Crippen LogP contribution < -0.4 is 5.32 Å². The van der Waals surface area contributed by atoms with Gasteiger partial charge in [0, 0.05) is 12.5 Å². The summed E-state index contributed by atoms with van der Waals surface area (Å²) in [7, 11) is 1.40. The molecule has 0 radical (unpaired) electrons. The molecule has 112 valence electrons. The van der Waals surface area contributed by atoms with Crippen molar-refractivity contribution in [2.75, 3.05) is 12.4 Å². The Morgan fingerprint density at radius 1 is 1.45 bits per heavy atom. The molecular weight excluding hydrogens is 322 g/mol. The summed E-state index contributed by atoms with van der Waals surface area (Å²) < 4.78 is 5.55. The smallest absolute Gasteiger partial charge is 0.328 e. The molecule has 1 rings (SSSR count). The standard InChI is InChI=1S/C14H22BrN3O2/c1-5-6-12-17-11(15)8-13(18-12)16-10(7-9(2)3)14(19)20-4/h8-10H,5-7H2,1-4H3,(H,16,17,18). The minimum atomic E-state index is -0.392. The molecule has 1 unspecified atom stereocenters. The van der Waals surface area contributed by atoms with Crippen molar-refractivity contribution in [2.24, 2.45) is 5.92 Å². The lowest BCUT2D eigenvalue weighted by Crippen LogP contribution is -2.32. The molecule has 0 fully saturated rings. The summed E-state index contributed by atoms with van der Waals surface area (Å²) in [5, 5.41) is 3.15. The zero-order valence-electron chi connectivity index (χ0n) is 12.4. The number of carbonyl (C=O) groups excluding carboxylic acids is 1. The van der Waals surface area contributed by atoms with Gasteiger partial charge in [-0.15, -0.1) is 0 Å². The highest BCUT2D eigenvalue weighted by molar-refractivity contribution is 9.10. The number of esters is 1. The quantitative estimate of drug-likeness (QED) is 0.608. The molecular formula is C14H22BrN3O2. The largest absolute Gasteiger partial charge is 0.467 e. The topological polar surface area (TPSA) is 64.1 Å². The summed E-state index contributed by atoms with van der Waals surface area (Å²) in [6.07, 6.45) is 2.47. The maximum atomic E-state index is 11.8. The monoisotopic (exact) mass is 343 g/mol. The molecule has 0 aliphatic heterocycles. The van der Waals surface area contributed by atoms with Crippen LogP contribution in [0.15, 0.2) is 10.7 Å². The first-order chi connectivity index (χ1) is 9.46. The normalized spacial score (nSPS) is 12.3. The molecule has 0 aliphatic carbocycles. The van der Waals surface area contributed by atoms with Gasteiger partial charge in [-0.3, -0.25) is 0 Å². The molecule has 0 saturated carbocycles. The van der Waals surface area contributed by atoms with Crippen LogP contribution in [0.2, 0.25) is 0 Å². The van der Waals surface area contributed by atoms with Crippen LogP contribution in [0.25, 0.3) is 0 Å². The second-order valence-corrected chi connectivity index (χ2v) is 5.90. The van der Waals surface area contributed by atoms with Gasteiger partial charge in [-0.05, 0) is 34.7 Å². The van der Waals surface area contributed by atoms with Gasteiger partial charge in [0.25, 0.3) is 0 Å². The number of nitrogens with one attached hydrogen (secondary N) is 1. The van der Waals surface area contributed by atoms with Gasteiger partial charge >= 0.3 is 5.97 Å². The number of aromatic nitrogens is 2. The molecule has 1 aromatic rings. The van der Waals surface area contributed by atoms with Gasteiger partial charge in [0.05, 0.1) is 7.11 Å². The maximum absolute atomic E-state index is 11.8. The fraction of sp³-hybridized carbons (Fsp3) is 0.643. The Morgan fingerprint density at radius 2 is 2.15 bits per heavy atom. The highest BCUT2D eigenvalue weighted by Gasteiger charge is 2.21. The molecule has 0 aromatic carbocycles. The Bertz CT molecular complexity index is 452. The lowest BCUT2D eigenvalue weighted by atomic mass is 10.0. The van der Waals surface area contributed by atoms with Crippen LogP contribution in [0.5, 0.6) is 0 Å². The van der Waals surface area contributed by atoms with E-state index in [1.807, 2.05) is 0 Å². The zero-order valence-corrected chi connectivity index (χ0v) is 14.0. The second-order valence-electron chi connectivity index (χ2n) is 5.09. The number of rotatable bonds is 7. The molecule has 0 aliphatic rings. The van der Waals surface area contributed by atoms with Crippen molar-refractivity contribution in [3.8, 4) is 0 Å². The summed E-state index contributed by atoms with van der Waals surface area (Å²) in [6.45, 7) is 6.21. The summed E-state index contributed by atoms with van der Waals surface area (Å²) in [5.74, 6) is 1.52. The van der Waals surface area contributed by atoms with Gasteiger partial charge in [-0.1, -0.05) is 20.8 Å². The number of nitrogens with zero attached hydrogens (tertiary/aromatic N) is 2. The van der Waals surface area contributed by atoms with E-state index in [9.17, 15) is 4.79 Å². The third-order valence-electron chi connectivity index (χ3n) is 2.73. The molecule has 0 amide bonds. The average molecular weight is 344 g/mol. The van der Waals surface area contributed by atoms with Crippen molar-refractivity contribution < 1.29 is 9.53 Å². The Labute approximate surface area is 128 Å². The van der Waals surface area contributed by atoms with E-state index >= 15 is 0 Å². The highest BCUT2D eigenvalue weighted by Crippen LogP contribution is 2.17. The van der Waals surface area contributed by atoms with E-state index in [2.05, 4.69) is 52.0 Å². The van der Waals surface area contributed by atoms with Crippen molar-refractivity contribution in [1.29, 1.82) is 0 Å². The van der Waals surface area contributed by atoms with Crippen LogP contribution >= 0.6 is 15.9 Å². The van der Waals surface area contributed by atoms with Gasteiger partial charge in [-0.2, -0.15) is 0 Å². The van der Waals surface area contributed by atoms with E-state index in [4.69, 9.17) is 4.74 Å². The molecule has 0 spiro atoms. The Balaban J connectivity index is 2.89. The number of methoxy groups -OCH3 is 1. The highest BCUT2D eigenvalue weighted by atomic mass is 79.9. The third-order valence-corrected chi connectivity index (χ3v) is 3.14. The molecule has 1 N–H and O–H groups in total. The third kappa shape index (κ3) is 5.45. The Kier molecular flexibility index (Phi) is 6.91. The van der Waals surface area contributed by atoms with Gasteiger partial charge in [-0.25, -0.2) is 14.8 Å². The SMILES string of the molecule is CCCc1nc(Br)cc(NC(CC(C)C)C(=O)OC)n1. The van der Waals surface area contributed by atoms with Crippen LogP contribution in [0, 0.1) is 5.92 Å². The summed E-state index contributed by atoms with van der Waals surface area (Å²) in [5.41, 5.74) is 0. The lowest BCUT2D eigenvalue weighted by Gasteiger charge is -2.19. The van der Waals surface area contributed by atoms with Crippen molar-refractivity contribution in [2.45, 2.75) is 46.1 Å². The second kappa shape index (κ2) is 8.19. The molecule has 1 atom stereocenters. The number of aryl methyl sites for hydroxylation is 1. The summed E-state index contributed by atoms with van der Waals surface area (Å²) in [6, 6.07) is 1.38. The van der Waals surface area contributed by atoms with Crippen molar-refractivity contribution in [3.05, 3.63) is 16.5 Å². The van der Waals surface area contributed by atoms with Gasteiger partial charge in [0.2, 0.25) is 0 Å². The fourth-order valence-corrected chi connectivity index (χ4v) is 2.30. The van der Waals surface area contributed by atoms with Gasteiger partial charge in [0.15, 0.2) is 0 Å². The Morgan fingerprint density at radius 3 is 2.70 bits per heavy atom. The first-order valence-electron chi connectivity index (χ1n) is 6.84. The predicted molar refractivity (Wildman–Crippen MR) is 82.6 cm³/mol. The molecule has 0 bridgehead atoms. The number of hydrogen-bond donors (Lipinski definition) is 1. The first kappa shape index (κ1) is 16.9. The van der Waals surface area contributed by atoms with E-state index < -0.39 is 6.04 Å². The minimum Gasteiger partial charge on any atom is -0.467 e. The van der Waals surface area contributed by atoms with E-state index in [0.29, 0.717) is 22.8 Å². The van der Waals surface area contributed by atoms with Crippen molar-refractivity contribution >= 4 is 27.7 Å². The van der Waals surface area contributed by atoms with Gasteiger partial charge in [0.1, 0.15) is 22.3 Å². The van der Waals surface area contributed by atoms with Crippen LogP contribution in [0.4, 0.5) is 5.82 Å². The van der Waals surface area contributed by atoms with Crippen molar-refractivity contribution in [1.82, 2.24) is 9.97 Å². The number of halogens is 1. The summed E-state index contributed by atoms with van der Waals surface area (Å²) >= 11 is 3.37. The van der Waals surface area contributed by atoms with Crippen molar-refractivity contribution in [3.63, 3.8) is 0 Å².